The number of anilines is 1. The SMILES string of the molecule is Cc1ccc(C(=O)N(C(=O)N2CCCCC2)c2ccccc2)cc1. The van der Waals surface area contributed by atoms with Crippen LogP contribution in [0.4, 0.5) is 10.5 Å². The first-order valence-electron chi connectivity index (χ1n) is 8.42. The molecule has 0 N–H and O–H groups in total. The summed E-state index contributed by atoms with van der Waals surface area (Å²) in [6.07, 6.45) is 3.13. The van der Waals surface area contributed by atoms with Gasteiger partial charge in [0.2, 0.25) is 0 Å². The number of nitrogens with zero attached hydrogens (tertiary/aromatic N) is 2. The number of hydrogen-bond acceptors (Lipinski definition) is 2. The number of likely N-dealkylation sites (tertiary alicyclic amines) is 1. The first-order valence-corrected chi connectivity index (χ1v) is 8.42. The Balaban J connectivity index is 1.94. The highest BCUT2D eigenvalue weighted by atomic mass is 16.2. The smallest absolute Gasteiger partial charge is 0.324 e. The van der Waals surface area contributed by atoms with Gasteiger partial charge in [-0.3, -0.25) is 4.79 Å². The Morgan fingerprint density at radius 3 is 2.12 bits per heavy atom. The summed E-state index contributed by atoms with van der Waals surface area (Å²) in [7, 11) is 0. The summed E-state index contributed by atoms with van der Waals surface area (Å²) in [6, 6.07) is 16.3. The highest BCUT2D eigenvalue weighted by Gasteiger charge is 2.29. The van der Waals surface area contributed by atoms with Crippen LogP contribution < -0.4 is 4.90 Å². The Morgan fingerprint density at radius 2 is 1.50 bits per heavy atom. The van der Waals surface area contributed by atoms with Crippen molar-refractivity contribution in [2.24, 2.45) is 0 Å². The van der Waals surface area contributed by atoms with Gasteiger partial charge in [0, 0.05) is 18.7 Å². The predicted molar refractivity (Wildman–Crippen MR) is 95.3 cm³/mol. The van der Waals surface area contributed by atoms with Crippen molar-refractivity contribution in [3.8, 4) is 0 Å². The van der Waals surface area contributed by atoms with Crippen molar-refractivity contribution >= 4 is 17.6 Å². The monoisotopic (exact) mass is 322 g/mol. The Morgan fingerprint density at radius 1 is 0.875 bits per heavy atom. The molecular formula is C20H22N2O2. The third-order valence-corrected chi connectivity index (χ3v) is 4.33. The molecule has 0 aliphatic carbocycles. The van der Waals surface area contributed by atoms with E-state index in [9.17, 15) is 9.59 Å². The number of aryl methyl sites for hydroxylation is 1. The van der Waals surface area contributed by atoms with Crippen LogP contribution >= 0.6 is 0 Å². The molecule has 3 amide bonds. The second kappa shape index (κ2) is 7.30. The van der Waals surface area contributed by atoms with E-state index in [0.29, 0.717) is 24.3 Å². The van der Waals surface area contributed by atoms with Gasteiger partial charge in [-0.1, -0.05) is 35.9 Å². The van der Waals surface area contributed by atoms with Crippen LogP contribution in [0.15, 0.2) is 54.6 Å². The number of hydrogen-bond donors (Lipinski definition) is 0. The molecule has 0 bridgehead atoms. The van der Waals surface area contributed by atoms with Gasteiger partial charge in [0.25, 0.3) is 5.91 Å². The molecule has 4 heteroatoms. The molecule has 0 saturated carbocycles. The molecule has 0 radical (unpaired) electrons. The van der Waals surface area contributed by atoms with Crippen LogP contribution in [0.5, 0.6) is 0 Å². The zero-order chi connectivity index (χ0) is 16.9. The molecule has 0 spiro atoms. The minimum Gasteiger partial charge on any atom is -0.324 e. The van der Waals surface area contributed by atoms with Crippen molar-refractivity contribution in [1.29, 1.82) is 0 Å². The van der Waals surface area contributed by atoms with Crippen LogP contribution in [0.3, 0.4) is 0 Å². The molecule has 0 unspecified atom stereocenters. The second-order valence-corrected chi connectivity index (χ2v) is 6.17. The van der Waals surface area contributed by atoms with Gasteiger partial charge < -0.3 is 4.90 Å². The largest absolute Gasteiger partial charge is 0.331 e. The number of carbonyl (C=O) groups is 2. The summed E-state index contributed by atoms with van der Waals surface area (Å²) in [6.45, 7) is 3.40. The third kappa shape index (κ3) is 3.48. The van der Waals surface area contributed by atoms with Crippen LogP contribution in [0.25, 0.3) is 0 Å². The highest BCUT2D eigenvalue weighted by Crippen LogP contribution is 2.21. The van der Waals surface area contributed by atoms with Gasteiger partial charge in [-0.15, -0.1) is 0 Å². The number of carbonyl (C=O) groups excluding carboxylic acids is 2. The average molecular weight is 322 g/mol. The standard InChI is InChI=1S/C20H22N2O2/c1-16-10-12-17(13-11-16)19(23)22(18-8-4-2-5-9-18)20(24)21-14-6-3-7-15-21/h2,4-5,8-13H,3,6-7,14-15H2,1H3. The Bertz CT molecular complexity index is 704. The van der Waals surface area contributed by atoms with Crippen molar-refractivity contribution in [2.45, 2.75) is 26.2 Å². The fraction of sp³-hybridized carbons (Fsp3) is 0.300. The van der Waals surface area contributed by atoms with Gasteiger partial charge in [0.05, 0.1) is 5.69 Å². The number of benzene rings is 2. The Kier molecular flexibility index (Phi) is 4.94. The molecule has 4 nitrogen and oxygen atoms in total. The molecule has 3 rings (SSSR count). The van der Waals surface area contributed by atoms with E-state index < -0.39 is 0 Å². The normalized spacial score (nSPS) is 14.3. The lowest BCUT2D eigenvalue weighted by Crippen LogP contribution is -2.48. The molecule has 1 fully saturated rings. The summed E-state index contributed by atoms with van der Waals surface area (Å²) in [4.78, 5) is 29.1. The maximum absolute atomic E-state index is 13.0. The lowest BCUT2D eigenvalue weighted by Gasteiger charge is -2.32. The number of imide groups is 1. The quantitative estimate of drug-likeness (QED) is 0.829. The number of amides is 3. The summed E-state index contributed by atoms with van der Waals surface area (Å²) < 4.78 is 0. The lowest BCUT2D eigenvalue weighted by molar-refractivity contribution is 0.0983. The number of rotatable bonds is 2. The van der Waals surface area contributed by atoms with E-state index in [1.165, 1.54) is 4.90 Å². The van der Waals surface area contributed by atoms with Gasteiger partial charge in [-0.25, -0.2) is 9.69 Å². The minimum atomic E-state index is -0.281. The van der Waals surface area contributed by atoms with Crippen molar-refractivity contribution in [2.75, 3.05) is 18.0 Å². The molecule has 1 aliphatic heterocycles. The zero-order valence-electron chi connectivity index (χ0n) is 13.9. The second-order valence-electron chi connectivity index (χ2n) is 6.17. The molecule has 1 saturated heterocycles. The van der Waals surface area contributed by atoms with E-state index in [-0.39, 0.29) is 11.9 Å². The Hall–Kier alpha value is -2.62. The molecule has 0 aromatic heterocycles. The number of urea groups is 1. The van der Waals surface area contributed by atoms with E-state index in [1.807, 2.05) is 37.3 Å². The minimum absolute atomic E-state index is 0.230. The average Bonchev–Trinajstić information content (AvgIpc) is 2.64. The third-order valence-electron chi connectivity index (χ3n) is 4.33. The fourth-order valence-corrected chi connectivity index (χ4v) is 2.94. The van der Waals surface area contributed by atoms with Crippen LogP contribution in [-0.4, -0.2) is 29.9 Å². The van der Waals surface area contributed by atoms with Crippen LogP contribution in [0.1, 0.15) is 35.2 Å². The van der Waals surface area contributed by atoms with Crippen LogP contribution in [-0.2, 0) is 0 Å². The maximum atomic E-state index is 13.0. The van der Waals surface area contributed by atoms with Gasteiger partial charge in [-0.05, 0) is 50.5 Å². The van der Waals surface area contributed by atoms with Gasteiger partial charge in [-0.2, -0.15) is 0 Å². The molecule has 1 aliphatic rings. The van der Waals surface area contributed by atoms with Gasteiger partial charge >= 0.3 is 6.03 Å². The van der Waals surface area contributed by atoms with E-state index in [1.54, 1.807) is 29.2 Å². The van der Waals surface area contributed by atoms with E-state index in [2.05, 4.69) is 0 Å². The lowest BCUT2D eigenvalue weighted by atomic mass is 10.1. The first-order chi connectivity index (χ1) is 11.7. The van der Waals surface area contributed by atoms with Crippen LogP contribution in [0, 0.1) is 6.92 Å². The molecule has 1 heterocycles. The van der Waals surface area contributed by atoms with Crippen molar-refractivity contribution in [3.05, 3.63) is 65.7 Å². The van der Waals surface area contributed by atoms with E-state index in [4.69, 9.17) is 0 Å². The van der Waals surface area contributed by atoms with Gasteiger partial charge in [0.1, 0.15) is 0 Å². The summed E-state index contributed by atoms with van der Waals surface area (Å²) >= 11 is 0. The zero-order valence-corrected chi connectivity index (χ0v) is 13.9. The summed E-state index contributed by atoms with van der Waals surface area (Å²) in [5.74, 6) is -0.281. The van der Waals surface area contributed by atoms with Crippen LogP contribution in [0.2, 0.25) is 0 Å². The molecule has 2 aromatic carbocycles. The predicted octanol–water partition coefficient (Wildman–Crippen LogP) is 4.25. The molecule has 0 atom stereocenters. The maximum Gasteiger partial charge on any atom is 0.331 e. The van der Waals surface area contributed by atoms with Gasteiger partial charge in [0.15, 0.2) is 0 Å². The van der Waals surface area contributed by atoms with E-state index in [0.717, 1.165) is 24.8 Å². The Labute approximate surface area is 142 Å². The van der Waals surface area contributed by atoms with Crippen molar-refractivity contribution in [3.63, 3.8) is 0 Å². The highest BCUT2D eigenvalue weighted by molar-refractivity contribution is 6.20. The molecule has 2 aromatic rings. The van der Waals surface area contributed by atoms with Crippen molar-refractivity contribution in [1.82, 2.24) is 4.90 Å². The topological polar surface area (TPSA) is 40.6 Å². The molecule has 24 heavy (non-hydrogen) atoms. The van der Waals surface area contributed by atoms with Crippen molar-refractivity contribution < 1.29 is 9.59 Å². The number of para-hydroxylation sites is 1. The molecular weight excluding hydrogens is 300 g/mol. The molecule has 124 valence electrons. The summed E-state index contributed by atoms with van der Waals surface area (Å²) in [5, 5.41) is 0. The first kappa shape index (κ1) is 16.2. The summed E-state index contributed by atoms with van der Waals surface area (Å²) in [5.41, 5.74) is 2.22. The number of piperidine rings is 1. The van der Waals surface area contributed by atoms with E-state index >= 15 is 0 Å². The fourth-order valence-electron chi connectivity index (χ4n) is 2.94.